The lowest BCUT2D eigenvalue weighted by Crippen LogP contribution is -2.47. The standard InChI is InChI=1S/C28H40N2O2S2/c1-27(2,25(31)21-11-15-23(33-5)16-12-21)29-19-9-7-8-10-20-30-28(3,4)26(32)22-13-17-24(34-6)18-14-22/h11-18,29-30H,7-10,19-20H2,1-6H3. The van der Waals surface area contributed by atoms with Crippen LogP contribution in [0.2, 0.25) is 0 Å². The molecule has 0 amide bonds. The van der Waals surface area contributed by atoms with Crippen molar-refractivity contribution in [3.63, 3.8) is 0 Å². The van der Waals surface area contributed by atoms with Gasteiger partial charge in [0, 0.05) is 20.9 Å². The summed E-state index contributed by atoms with van der Waals surface area (Å²) in [5.41, 5.74) is 0.333. The van der Waals surface area contributed by atoms with E-state index < -0.39 is 11.1 Å². The van der Waals surface area contributed by atoms with E-state index in [-0.39, 0.29) is 11.6 Å². The molecule has 0 atom stereocenters. The van der Waals surface area contributed by atoms with Gasteiger partial charge in [-0.3, -0.25) is 9.59 Å². The highest BCUT2D eigenvalue weighted by Crippen LogP contribution is 2.20. The van der Waals surface area contributed by atoms with Crippen LogP contribution in [0.4, 0.5) is 0 Å². The SMILES string of the molecule is CSc1ccc(C(=O)C(C)(C)NCCCCCCNC(C)(C)C(=O)c2ccc(SC)cc2)cc1. The molecule has 0 heterocycles. The molecule has 0 saturated carbocycles. The minimum atomic E-state index is -0.583. The largest absolute Gasteiger partial charge is 0.305 e. The maximum absolute atomic E-state index is 12.8. The minimum Gasteiger partial charge on any atom is -0.305 e. The van der Waals surface area contributed by atoms with Gasteiger partial charge >= 0.3 is 0 Å². The van der Waals surface area contributed by atoms with Crippen molar-refractivity contribution in [2.45, 2.75) is 74.2 Å². The zero-order chi connectivity index (χ0) is 25.2. The molecule has 34 heavy (non-hydrogen) atoms. The first kappa shape index (κ1) is 28.6. The van der Waals surface area contributed by atoms with E-state index in [1.807, 2.05) is 88.7 Å². The zero-order valence-corrected chi connectivity index (χ0v) is 23.1. The van der Waals surface area contributed by atoms with Crippen molar-refractivity contribution in [2.75, 3.05) is 25.6 Å². The molecule has 186 valence electrons. The molecule has 0 saturated heterocycles. The fourth-order valence-corrected chi connectivity index (χ4v) is 4.59. The van der Waals surface area contributed by atoms with Crippen LogP contribution in [-0.4, -0.2) is 48.2 Å². The number of carbonyl (C=O) groups excluding carboxylic acids is 2. The maximum atomic E-state index is 12.8. The molecule has 0 unspecified atom stereocenters. The molecular formula is C28H40N2O2S2. The number of benzene rings is 2. The van der Waals surface area contributed by atoms with Gasteiger partial charge in [-0.2, -0.15) is 0 Å². The molecule has 0 bridgehead atoms. The van der Waals surface area contributed by atoms with E-state index in [4.69, 9.17) is 0 Å². The van der Waals surface area contributed by atoms with E-state index in [1.165, 1.54) is 0 Å². The third-order valence-corrected chi connectivity index (χ3v) is 7.56. The molecule has 2 rings (SSSR count). The van der Waals surface area contributed by atoms with Crippen LogP contribution in [0.25, 0.3) is 0 Å². The highest BCUT2D eigenvalue weighted by atomic mass is 32.2. The van der Waals surface area contributed by atoms with Crippen LogP contribution >= 0.6 is 23.5 Å². The lowest BCUT2D eigenvalue weighted by Gasteiger charge is -2.25. The van der Waals surface area contributed by atoms with Gasteiger partial charge in [0.25, 0.3) is 0 Å². The number of unbranched alkanes of at least 4 members (excludes halogenated alkanes) is 3. The number of thioether (sulfide) groups is 2. The van der Waals surface area contributed by atoms with Gasteiger partial charge in [0.2, 0.25) is 0 Å². The Balaban J connectivity index is 1.65. The van der Waals surface area contributed by atoms with Crippen LogP contribution in [0.5, 0.6) is 0 Å². The fraction of sp³-hybridized carbons (Fsp3) is 0.500. The predicted octanol–water partition coefficient (Wildman–Crippen LogP) is 6.49. The summed E-state index contributed by atoms with van der Waals surface area (Å²) in [6.45, 7) is 9.44. The summed E-state index contributed by atoms with van der Waals surface area (Å²) in [7, 11) is 0. The van der Waals surface area contributed by atoms with Crippen LogP contribution in [0.3, 0.4) is 0 Å². The molecule has 0 spiro atoms. The fourth-order valence-electron chi connectivity index (χ4n) is 3.77. The van der Waals surface area contributed by atoms with Crippen LogP contribution < -0.4 is 10.6 Å². The Morgan fingerprint density at radius 2 is 0.941 bits per heavy atom. The van der Waals surface area contributed by atoms with E-state index in [0.29, 0.717) is 0 Å². The molecule has 4 nitrogen and oxygen atoms in total. The minimum absolute atomic E-state index is 0.124. The van der Waals surface area contributed by atoms with Gasteiger partial charge in [0.1, 0.15) is 0 Å². The Bertz CT molecular complexity index is 845. The smallest absolute Gasteiger partial charge is 0.182 e. The van der Waals surface area contributed by atoms with Crippen molar-refractivity contribution in [1.29, 1.82) is 0 Å². The summed E-state index contributed by atoms with van der Waals surface area (Å²) in [5.74, 6) is 0.249. The third-order valence-electron chi connectivity index (χ3n) is 6.08. The Morgan fingerprint density at radius 1 is 0.618 bits per heavy atom. The van der Waals surface area contributed by atoms with Crippen molar-refractivity contribution in [2.24, 2.45) is 0 Å². The summed E-state index contributed by atoms with van der Waals surface area (Å²) in [6.07, 6.45) is 8.28. The molecule has 6 heteroatoms. The molecule has 0 aliphatic carbocycles. The number of carbonyl (C=O) groups is 2. The quantitative estimate of drug-likeness (QED) is 0.166. The van der Waals surface area contributed by atoms with Crippen LogP contribution in [-0.2, 0) is 0 Å². The van der Waals surface area contributed by atoms with Crippen molar-refractivity contribution >= 4 is 35.1 Å². The Morgan fingerprint density at radius 3 is 1.24 bits per heavy atom. The Hall–Kier alpha value is -1.60. The lowest BCUT2D eigenvalue weighted by molar-refractivity contribution is 0.0875. The average Bonchev–Trinajstić information content (AvgIpc) is 2.84. The van der Waals surface area contributed by atoms with Crippen molar-refractivity contribution in [1.82, 2.24) is 10.6 Å². The first-order valence-corrected chi connectivity index (χ1v) is 14.4. The monoisotopic (exact) mass is 500 g/mol. The van der Waals surface area contributed by atoms with Gasteiger partial charge in [-0.25, -0.2) is 0 Å². The highest BCUT2D eigenvalue weighted by molar-refractivity contribution is 7.98. The zero-order valence-electron chi connectivity index (χ0n) is 21.5. The molecule has 0 aromatic heterocycles. The van der Waals surface area contributed by atoms with Gasteiger partial charge in [0.05, 0.1) is 11.1 Å². The second-order valence-corrected chi connectivity index (χ2v) is 11.4. The molecule has 2 N–H and O–H groups in total. The summed E-state index contributed by atoms with van der Waals surface area (Å²) in [5, 5.41) is 6.85. The first-order chi connectivity index (χ1) is 16.1. The summed E-state index contributed by atoms with van der Waals surface area (Å²) in [4.78, 5) is 28.0. The number of hydrogen-bond donors (Lipinski definition) is 2. The summed E-state index contributed by atoms with van der Waals surface area (Å²) < 4.78 is 0. The molecule has 0 aliphatic rings. The third kappa shape index (κ3) is 8.56. The van der Waals surface area contributed by atoms with Gasteiger partial charge < -0.3 is 10.6 Å². The molecule has 2 aromatic rings. The van der Waals surface area contributed by atoms with E-state index in [9.17, 15) is 9.59 Å². The Labute approximate surface area is 214 Å². The van der Waals surface area contributed by atoms with Gasteiger partial charge in [-0.05, 0) is 90.4 Å². The summed E-state index contributed by atoms with van der Waals surface area (Å²) >= 11 is 3.35. The molecule has 0 aliphatic heterocycles. The second kappa shape index (κ2) is 13.5. The van der Waals surface area contributed by atoms with Crippen molar-refractivity contribution in [3.8, 4) is 0 Å². The number of Topliss-reactive ketones (excluding diaryl/α,β-unsaturated/α-hetero) is 2. The maximum Gasteiger partial charge on any atom is 0.182 e. The van der Waals surface area contributed by atoms with Crippen molar-refractivity contribution < 1.29 is 9.59 Å². The molecule has 0 fully saturated rings. The van der Waals surface area contributed by atoms with Gasteiger partial charge in [-0.1, -0.05) is 37.1 Å². The van der Waals surface area contributed by atoms with E-state index in [0.717, 1.165) is 59.7 Å². The predicted molar refractivity (Wildman–Crippen MR) is 148 cm³/mol. The van der Waals surface area contributed by atoms with E-state index in [1.54, 1.807) is 23.5 Å². The first-order valence-electron chi connectivity index (χ1n) is 12.0. The Kier molecular flexibility index (Phi) is 11.4. The second-order valence-electron chi connectivity index (χ2n) is 9.63. The highest BCUT2D eigenvalue weighted by Gasteiger charge is 2.28. The van der Waals surface area contributed by atoms with Gasteiger partial charge in [-0.15, -0.1) is 23.5 Å². The van der Waals surface area contributed by atoms with Crippen LogP contribution in [0, 0.1) is 0 Å². The van der Waals surface area contributed by atoms with E-state index >= 15 is 0 Å². The number of ketones is 2. The van der Waals surface area contributed by atoms with Gasteiger partial charge in [0.15, 0.2) is 11.6 Å². The molecule has 0 radical (unpaired) electrons. The summed E-state index contributed by atoms with van der Waals surface area (Å²) in [6, 6.07) is 15.6. The van der Waals surface area contributed by atoms with E-state index in [2.05, 4.69) is 10.6 Å². The molecular weight excluding hydrogens is 460 g/mol. The number of nitrogens with one attached hydrogen (secondary N) is 2. The lowest BCUT2D eigenvalue weighted by atomic mass is 9.93. The number of hydrogen-bond acceptors (Lipinski definition) is 6. The van der Waals surface area contributed by atoms with Crippen molar-refractivity contribution in [3.05, 3.63) is 59.7 Å². The normalized spacial score (nSPS) is 12.1. The van der Waals surface area contributed by atoms with Crippen LogP contribution in [0.1, 0.15) is 74.1 Å². The van der Waals surface area contributed by atoms with Crippen LogP contribution in [0.15, 0.2) is 58.3 Å². The number of rotatable bonds is 15. The molecule has 2 aromatic carbocycles. The topological polar surface area (TPSA) is 58.2 Å². The average molecular weight is 501 g/mol.